The fraction of sp³-hybridized carbons (Fsp3) is 0.444. The van der Waals surface area contributed by atoms with Gasteiger partial charge >= 0.3 is 0 Å². The number of pyridine rings is 1. The van der Waals surface area contributed by atoms with E-state index in [1.165, 1.54) is 18.3 Å². The molecular formula is C9H14N4O2S. The van der Waals surface area contributed by atoms with Crippen molar-refractivity contribution in [1.29, 1.82) is 0 Å². The Hall–Kier alpha value is -1.18. The lowest BCUT2D eigenvalue weighted by atomic mass is 10.5. The number of rotatable bonds is 4. The maximum absolute atomic E-state index is 11.9. The maximum Gasteiger partial charge on any atom is 0.241 e. The summed E-state index contributed by atoms with van der Waals surface area (Å²) in [6.07, 6.45) is 2.30. The lowest BCUT2D eigenvalue weighted by Crippen LogP contribution is -2.27. The summed E-state index contributed by atoms with van der Waals surface area (Å²) in [4.78, 5) is 4.03. The molecule has 2 atom stereocenters. The molecule has 1 aromatic heterocycles. The first kappa shape index (κ1) is 11.3. The molecule has 0 aromatic carbocycles. The van der Waals surface area contributed by atoms with E-state index in [0.717, 1.165) is 6.42 Å². The Balaban J connectivity index is 2.21. The van der Waals surface area contributed by atoms with E-state index in [4.69, 9.17) is 5.84 Å². The van der Waals surface area contributed by atoms with Gasteiger partial charge in [0.1, 0.15) is 5.82 Å². The second kappa shape index (κ2) is 4.00. The van der Waals surface area contributed by atoms with Gasteiger partial charge in [0.2, 0.25) is 10.0 Å². The van der Waals surface area contributed by atoms with Crippen LogP contribution < -0.4 is 16.0 Å². The highest BCUT2D eigenvalue weighted by Gasteiger charge is 2.36. The molecule has 6 nitrogen and oxygen atoms in total. The SMILES string of the molecule is CC1CC1NS(=O)(=O)c1ccnc(NN)c1. The van der Waals surface area contributed by atoms with Gasteiger partial charge < -0.3 is 5.43 Å². The van der Waals surface area contributed by atoms with Gasteiger partial charge in [-0.05, 0) is 18.4 Å². The van der Waals surface area contributed by atoms with Gasteiger partial charge in [-0.25, -0.2) is 24.0 Å². The van der Waals surface area contributed by atoms with Gasteiger partial charge in [0.25, 0.3) is 0 Å². The van der Waals surface area contributed by atoms with Crippen molar-refractivity contribution in [2.24, 2.45) is 11.8 Å². The molecule has 0 aliphatic heterocycles. The molecule has 1 heterocycles. The highest BCUT2D eigenvalue weighted by atomic mass is 32.2. The molecule has 0 spiro atoms. The van der Waals surface area contributed by atoms with Crippen LogP contribution in [0.3, 0.4) is 0 Å². The molecule has 2 rings (SSSR count). The number of nitrogens with zero attached hydrogens (tertiary/aromatic N) is 1. The van der Waals surface area contributed by atoms with Crippen LogP contribution in [0.1, 0.15) is 13.3 Å². The van der Waals surface area contributed by atoms with Crippen LogP contribution in [-0.2, 0) is 10.0 Å². The highest BCUT2D eigenvalue weighted by molar-refractivity contribution is 7.89. The lowest BCUT2D eigenvalue weighted by Gasteiger charge is -2.06. The Morgan fingerprint density at radius 1 is 1.56 bits per heavy atom. The Morgan fingerprint density at radius 2 is 2.25 bits per heavy atom. The zero-order chi connectivity index (χ0) is 11.8. The first-order valence-electron chi connectivity index (χ1n) is 4.98. The van der Waals surface area contributed by atoms with Gasteiger partial charge in [-0.3, -0.25) is 0 Å². The number of nitrogens with two attached hydrogens (primary N) is 1. The van der Waals surface area contributed by atoms with Gasteiger partial charge in [-0.1, -0.05) is 6.92 Å². The van der Waals surface area contributed by atoms with Gasteiger partial charge in [-0.15, -0.1) is 0 Å². The fourth-order valence-corrected chi connectivity index (χ4v) is 2.78. The summed E-state index contributed by atoms with van der Waals surface area (Å²) in [6, 6.07) is 2.90. The Morgan fingerprint density at radius 3 is 2.81 bits per heavy atom. The van der Waals surface area contributed by atoms with E-state index in [1.807, 2.05) is 6.92 Å². The zero-order valence-corrected chi connectivity index (χ0v) is 9.66. The van der Waals surface area contributed by atoms with Crippen LogP contribution in [-0.4, -0.2) is 19.4 Å². The monoisotopic (exact) mass is 242 g/mol. The van der Waals surface area contributed by atoms with E-state index < -0.39 is 10.0 Å². The second-order valence-electron chi connectivity index (χ2n) is 3.96. The van der Waals surface area contributed by atoms with Crippen molar-refractivity contribution < 1.29 is 8.42 Å². The van der Waals surface area contributed by atoms with Gasteiger partial charge in [-0.2, -0.15) is 0 Å². The summed E-state index contributed by atoms with van der Waals surface area (Å²) >= 11 is 0. The van der Waals surface area contributed by atoms with Crippen molar-refractivity contribution in [3.63, 3.8) is 0 Å². The van der Waals surface area contributed by atoms with E-state index in [1.54, 1.807) is 0 Å². The van der Waals surface area contributed by atoms with E-state index >= 15 is 0 Å². The number of hydrogen-bond acceptors (Lipinski definition) is 5. The third kappa shape index (κ3) is 2.31. The third-order valence-electron chi connectivity index (χ3n) is 2.61. The molecule has 4 N–H and O–H groups in total. The molecule has 0 saturated heterocycles. The number of hydrogen-bond donors (Lipinski definition) is 3. The summed E-state index contributed by atoms with van der Waals surface area (Å²) in [7, 11) is -3.45. The molecule has 16 heavy (non-hydrogen) atoms. The lowest BCUT2D eigenvalue weighted by molar-refractivity contribution is 0.578. The Labute approximate surface area is 94.3 Å². The summed E-state index contributed by atoms with van der Waals surface area (Å²) in [5.41, 5.74) is 2.31. The molecule has 0 bridgehead atoms. The molecule has 1 fully saturated rings. The molecule has 0 amide bonds. The Kier molecular flexibility index (Phi) is 2.83. The van der Waals surface area contributed by atoms with Crippen LogP contribution in [0.15, 0.2) is 23.2 Å². The summed E-state index contributed by atoms with van der Waals surface area (Å²) in [5, 5.41) is 0. The van der Waals surface area contributed by atoms with Crippen molar-refractivity contribution in [3.05, 3.63) is 18.3 Å². The molecule has 1 saturated carbocycles. The number of hydrazine groups is 1. The third-order valence-corrected chi connectivity index (χ3v) is 4.09. The molecule has 88 valence electrons. The number of nitrogens with one attached hydrogen (secondary N) is 2. The average molecular weight is 242 g/mol. The normalized spacial score (nSPS) is 24.1. The smallest absolute Gasteiger partial charge is 0.241 e. The van der Waals surface area contributed by atoms with E-state index in [0.29, 0.717) is 11.7 Å². The first-order chi connectivity index (χ1) is 7.53. The molecule has 1 aromatic rings. The minimum Gasteiger partial charge on any atom is -0.308 e. The standard InChI is InChI=1S/C9H14N4O2S/c1-6-4-8(6)13-16(14,15)7-2-3-11-9(5-7)12-10/h2-3,5-6,8,13H,4,10H2,1H3,(H,11,12). The van der Waals surface area contributed by atoms with Crippen molar-refractivity contribution in [3.8, 4) is 0 Å². The first-order valence-corrected chi connectivity index (χ1v) is 6.46. The van der Waals surface area contributed by atoms with E-state index in [9.17, 15) is 8.42 Å². The minimum absolute atomic E-state index is 0.0625. The molecule has 2 unspecified atom stereocenters. The maximum atomic E-state index is 11.9. The predicted molar refractivity (Wildman–Crippen MR) is 59.9 cm³/mol. The fourth-order valence-electron chi connectivity index (χ4n) is 1.41. The zero-order valence-electron chi connectivity index (χ0n) is 8.84. The summed E-state index contributed by atoms with van der Waals surface area (Å²) in [6.45, 7) is 2.01. The number of anilines is 1. The van der Waals surface area contributed by atoms with Crippen LogP contribution in [0, 0.1) is 5.92 Å². The van der Waals surface area contributed by atoms with E-state index in [-0.39, 0.29) is 10.9 Å². The molecule has 0 radical (unpaired) electrons. The molecule has 1 aliphatic carbocycles. The molecular weight excluding hydrogens is 228 g/mol. The number of sulfonamides is 1. The number of aromatic nitrogens is 1. The summed E-state index contributed by atoms with van der Waals surface area (Å²) < 4.78 is 26.4. The van der Waals surface area contributed by atoms with Crippen LogP contribution in [0.25, 0.3) is 0 Å². The van der Waals surface area contributed by atoms with Crippen molar-refractivity contribution in [2.45, 2.75) is 24.3 Å². The van der Waals surface area contributed by atoms with Gasteiger partial charge in [0.05, 0.1) is 4.90 Å². The van der Waals surface area contributed by atoms with Crippen LogP contribution in [0.4, 0.5) is 5.82 Å². The Bertz CT molecular complexity index is 488. The van der Waals surface area contributed by atoms with Crippen molar-refractivity contribution >= 4 is 15.8 Å². The number of nitrogen functional groups attached to an aromatic ring is 1. The van der Waals surface area contributed by atoms with Crippen molar-refractivity contribution in [1.82, 2.24) is 9.71 Å². The average Bonchev–Trinajstić information content (AvgIpc) is 2.93. The largest absolute Gasteiger partial charge is 0.308 e. The highest BCUT2D eigenvalue weighted by Crippen LogP contribution is 2.30. The topological polar surface area (TPSA) is 97.1 Å². The van der Waals surface area contributed by atoms with Crippen LogP contribution in [0.5, 0.6) is 0 Å². The second-order valence-corrected chi connectivity index (χ2v) is 5.68. The summed E-state index contributed by atoms with van der Waals surface area (Å²) in [5.74, 6) is 5.92. The molecule has 1 aliphatic rings. The molecule has 7 heteroatoms. The minimum atomic E-state index is -3.45. The van der Waals surface area contributed by atoms with E-state index in [2.05, 4.69) is 15.1 Å². The predicted octanol–water partition coefficient (Wildman–Crippen LogP) is 0.0539. The quantitative estimate of drug-likeness (QED) is 0.512. The van der Waals surface area contributed by atoms with Crippen LogP contribution in [0.2, 0.25) is 0 Å². The van der Waals surface area contributed by atoms with Crippen LogP contribution >= 0.6 is 0 Å². The van der Waals surface area contributed by atoms with Crippen molar-refractivity contribution in [2.75, 3.05) is 5.43 Å². The van der Waals surface area contributed by atoms with Gasteiger partial charge in [0.15, 0.2) is 0 Å². The van der Waals surface area contributed by atoms with Gasteiger partial charge in [0, 0.05) is 18.3 Å².